The maximum Gasteiger partial charge on any atom is 0.254 e. The first-order chi connectivity index (χ1) is 15.6. The van der Waals surface area contributed by atoms with E-state index in [-0.39, 0.29) is 17.9 Å². The van der Waals surface area contributed by atoms with Gasteiger partial charge >= 0.3 is 0 Å². The van der Waals surface area contributed by atoms with Crippen LogP contribution in [0, 0.1) is 0 Å². The lowest BCUT2D eigenvalue weighted by atomic mass is 10.0. The fourth-order valence-electron chi connectivity index (χ4n) is 4.24. The molecule has 0 spiro atoms. The summed E-state index contributed by atoms with van der Waals surface area (Å²) < 4.78 is 0. The summed E-state index contributed by atoms with van der Waals surface area (Å²) in [7, 11) is 0. The van der Waals surface area contributed by atoms with Gasteiger partial charge < -0.3 is 15.1 Å². The summed E-state index contributed by atoms with van der Waals surface area (Å²) in [6.07, 6.45) is 3.63. The van der Waals surface area contributed by atoms with Crippen molar-refractivity contribution in [2.45, 2.75) is 32.7 Å². The number of carbonyl (C=O) groups is 2. The first kappa shape index (κ1) is 21.8. The van der Waals surface area contributed by atoms with E-state index in [1.54, 1.807) is 6.20 Å². The molecular weight excluding hydrogens is 400 g/mol. The fourth-order valence-corrected chi connectivity index (χ4v) is 4.24. The third-order valence-corrected chi connectivity index (χ3v) is 6.02. The summed E-state index contributed by atoms with van der Waals surface area (Å²) in [4.78, 5) is 34.1. The Morgan fingerprint density at radius 2 is 1.75 bits per heavy atom. The highest BCUT2D eigenvalue weighted by atomic mass is 16.2. The highest BCUT2D eigenvalue weighted by molar-refractivity contribution is 6.07. The molecule has 1 fully saturated rings. The van der Waals surface area contributed by atoms with Gasteiger partial charge in [-0.3, -0.25) is 9.59 Å². The Bertz CT molecular complexity index is 1080. The van der Waals surface area contributed by atoms with Gasteiger partial charge in [0.2, 0.25) is 0 Å². The number of aromatic nitrogens is 1. The third-order valence-electron chi connectivity index (χ3n) is 6.02. The van der Waals surface area contributed by atoms with Crippen LogP contribution < -0.4 is 10.2 Å². The quantitative estimate of drug-likeness (QED) is 0.639. The number of hydrogen-bond donors (Lipinski definition) is 1. The van der Waals surface area contributed by atoms with Crippen molar-refractivity contribution < 1.29 is 9.59 Å². The number of nitrogens with zero attached hydrogens (tertiary/aromatic N) is 3. The smallest absolute Gasteiger partial charge is 0.254 e. The molecule has 1 atom stereocenters. The van der Waals surface area contributed by atoms with Gasteiger partial charge in [-0.2, -0.15) is 0 Å². The van der Waals surface area contributed by atoms with E-state index in [2.05, 4.69) is 22.1 Å². The van der Waals surface area contributed by atoms with Crippen molar-refractivity contribution in [1.29, 1.82) is 0 Å². The molecule has 0 aliphatic carbocycles. The van der Waals surface area contributed by atoms with Crippen LogP contribution in [0.2, 0.25) is 0 Å². The first-order valence-corrected chi connectivity index (χ1v) is 11.4. The molecule has 4 rings (SSSR count). The largest absolute Gasteiger partial charge is 0.353 e. The lowest BCUT2D eigenvalue weighted by Crippen LogP contribution is -2.49. The van der Waals surface area contributed by atoms with Gasteiger partial charge in [0.05, 0.1) is 5.56 Å². The molecule has 1 saturated heterocycles. The molecule has 6 heteroatoms. The molecule has 2 amide bonds. The van der Waals surface area contributed by atoms with E-state index in [0.717, 1.165) is 35.0 Å². The minimum Gasteiger partial charge on any atom is -0.353 e. The van der Waals surface area contributed by atoms with Gasteiger partial charge in [0.25, 0.3) is 11.8 Å². The van der Waals surface area contributed by atoms with Crippen LogP contribution in [-0.4, -0.2) is 53.9 Å². The van der Waals surface area contributed by atoms with Crippen LogP contribution >= 0.6 is 0 Å². The molecular formula is C26H30N4O2. The average molecular weight is 431 g/mol. The molecule has 2 heterocycles. The Labute approximate surface area is 189 Å². The fraction of sp³-hybridized carbons (Fsp3) is 0.346. The molecule has 0 bridgehead atoms. The van der Waals surface area contributed by atoms with E-state index in [4.69, 9.17) is 0 Å². The summed E-state index contributed by atoms with van der Waals surface area (Å²) in [5.41, 5.74) is 1.32. The zero-order valence-electron chi connectivity index (χ0n) is 18.8. The van der Waals surface area contributed by atoms with E-state index in [1.165, 1.54) is 0 Å². The average Bonchev–Trinajstić information content (AvgIpc) is 2.83. The summed E-state index contributed by atoms with van der Waals surface area (Å²) in [5, 5.41) is 5.08. The Morgan fingerprint density at radius 1 is 1.00 bits per heavy atom. The van der Waals surface area contributed by atoms with Crippen LogP contribution in [0.15, 0.2) is 60.8 Å². The standard InChI is InChI=1S/C26H30N4O2/c1-3-7-19(2)28-25(31)21-12-13-24(27-18-21)29-14-16-30(17-15-29)26(32)23-11-6-9-20-8-4-5-10-22(20)23/h4-6,8-13,18-19H,3,7,14-17H2,1-2H3,(H,28,31). The van der Waals surface area contributed by atoms with Gasteiger partial charge in [-0.15, -0.1) is 0 Å². The predicted molar refractivity (Wildman–Crippen MR) is 128 cm³/mol. The molecule has 0 radical (unpaired) electrons. The van der Waals surface area contributed by atoms with Crippen LogP contribution in [0.5, 0.6) is 0 Å². The van der Waals surface area contributed by atoms with Crippen LogP contribution in [0.3, 0.4) is 0 Å². The SMILES string of the molecule is CCCC(C)NC(=O)c1ccc(N2CCN(C(=O)c3cccc4ccccc34)CC2)nc1. The predicted octanol–water partition coefficient (Wildman–Crippen LogP) is 4.12. The van der Waals surface area contributed by atoms with E-state index in [1.807, 2.05) is 66.4 Å². The minimum atomic E-state index is -0.0875. The monoisotopic (exact) mass is 430 g/mol. The number of rotatable bonds is 6. The number of fused-ring (bicyclic) bond motifs is 1. The number of anilines is 1. The molecule has 0 saturated carbocycles. The summed E-state index contributed by atoms with van der Waals surface area (Å²) >= 11 is 0. The Kier molecular flexibility index (Phi) is 6.69. The molecule has 6 nitrogen and oxygen atoms in total. The second-order valence-corrected chi connectivity index (χ2v) is 8.37. The van der Waals surface area contributed by atoms with Crippen molar-refractivity contribution in [3.63, 3.8) is 0 Å². The number of hydrogen-bond acceptors (Lipinski definition) is 4. The van der Waals surface area contributed by atoms with E-state index >= 15 is 0 Å². The highest BCUT2D eigenvalue weighted by Crippen LogP contribution is 2.21. The van der Waals surface area contributed by atoms with Gasteiger partial charge in [-0.05, 0) is 42.3 Å². The molecule has 1 aliphatic rings. The maximum atomic E-state index is 13.2. The second kappa shape index (κ2) is 9.81. The minimum absolute atomic E-state index is 0.0719. The molecule has 1 aromatic heterocycles. The summed E-state index contributed by atoms with van der Waals surface area (Å²) in [5.74, 6) is 0.818. The van der Waals surface area contributed by atoms with Crippen molar-refractivity contribution in [1.82, 2.24) is 15.2 Å². The third kappa shape index (κ3) is 4.74. The lowest BCUT2D eigenvalue weighted by Gasteiger charge is -2.35. The first-order valence-electron chi connectivity index (χ1n) is 11.4. The van der Waals surface area contributed by atoms with Gasteiger partial charge in [-0.1, -0.05) is 49.7 Å². The maximum absolute atomic E-state index is 13.2. The topological polar surface area (TPSA) is 65.5 Å². The summed E-state index contributed by atoms with van der Waals surface area (Å²) in [6, 6.07) is 17.7. The number of amides is 2. The van der Waals surface area contributed by atoms with Gasteiger partial charge in [0.1, 0.15) is 5.82 Å². The van der Waals surface area contributed by atoms with Crippen LogP contribution in [0.4, 0.5) is 5.82 Å². The molecule has 1 unspecified atom stereocenters. The number of pyridine rings is 1. The van der Waals surface area contributed by atoms with Gasteiger partial charge in [0, 0.05) is 44.0 Å². The van der Waals surface area contributed by atoms with Gasteiger partial charge in [0.15, 0.2) is 0 Å². The molecule has 1 aliphatic heterocycles. The van der Waals surface area contributed by atoms with Crippen LogP contribution in [0.25, 0.3) is 10.8 Å². The lowest BCUT2D eigenvalue weighted by molar-refractivity contribution is 0.0748. The zero-order chi connectivity index (χ0) is 22.5. The molecule has 32 heavy (non-hydrogen) atoms. The van der Waals surface area contributed by atoms with Crippen molar-refractivity contribution in [3.8, 4) is 0 Å². The van der Waals surface area contributed by atoms with Crippen molar-refractivity contribution >= 4 is 28.4 Å². The Morgan fingerprint density at radius 3 is 2.47 bits per heavy atom. The number of benzene rings is 2. The second-order valence-electron chi connectivity index (χ2n) is 8.37. The van der Waals surface area contributed by atoms with E-state index < -0.39 is 0 Å². The van der Waals surface area contributed by atoms with E-state index in [0.29, 0.717) is 31.7 Å². The molecule has 166 valence electrons. The van der Waals surface area contributed by atoms with Crippen molar-refractivity contribution in [2.24, 2.45) is 0 Å². The van der Waals surface area contributed by atoms with Crippen LogP contribution in [-0.2, 0) is 0 Å². The normalized spacial score (nSPS) is 14.9. The number of carbonyl (C=O) groups excluding carboxylic acids is 2. The zero-order valence-corrected chi connectivity index (χ0v) is 18.8. The van der Waals surface area contributed by atoms with Crippen molar-refractivity contribution in [2.75, 3.05) is 31.1 Å². The summed E-state index contributed by atoms with van der Waals surface area (Å²) in [6.45, 7) is 6.82. The number of nitrogens with one attached hydrogen (secondary N) is 1. The molecule has 2 aromatic carbocycles. The van der Waals surface area contributed by atoms with E-state index in [9.17, 15) is 9.59 Å². The Hall–Kier alpha value is -3.41. The number of piperazine rings is 1. The van der Waals surface area contributed by atoms with Crippen LogP contribution in [0.1, 0.15) is 47.4 Å². The van der Waals surface area contributed by atoms with Gasteiger partial charge in [-0.25, -0.2) is 4.98 Å². The highest BCUT2D eigenvalue weighted by Gasteiger charge is 2.24. The van der Waals surface area contributed by atoms with Crippen molar-refractivity contribution in [3.05, 3.63) is 71.9 Å². The molecule has 3 aromatic rings. The Balaban J connectivity index is 1.37. The molecule has 1 N–H and O–H groups in total.